The molecule has 1 aliphatic heterocycles. The number of amides is 1. The van der Waals surface area contributed by atoms with Crippen molar-refractivity contribution < 1.29 is 52.8 Å². The zero-order valence-corrected chi connectivity index (χ0v) is 26.7. The highest BCUT2D eigenvalue weighted by atomic mass is 32.2. The first-order valence-electron chi connectivity index (χ1n) is 12.5. The lowest BCUT2D eigenvalue weighted by molar-refractivity contribution is -0.302. The fourth-order valence-corrected chi connectivity index (χ4v) is 6.96. The fraction of sp³-hybridized carbons (Fsp3) is 0.760. The first kappa shape index (κ1) is 38.0. The van der Waals surface area contributed by atoms with Crippen molar-refractivity contribution in [3.05, 3.63) is 0 Å². The molecular formula is C25H41NO11S3. The van der Waals surface area contributed by atoms with Crippen molar-refractivity contribution in [2.75, 3.05) is 29.8 Å². The molecule has 15 heteroatoms. The summed E-state index contributed by atoms with van der Waals surface area (Å²) in [4.78, 5) is 68.0. The van der Waals surface area contributed by atoms with Gasteiger partial charge in [0.25, 0.3) is 0 Å². The summed E-state index contributed by atoms with van der Waals surface area (Å²) < 4.78 is 22.8. The molecule has 1 rings (SSSR count). The SMILES string of the molecule is CC(=O)[O-].CS[C@H]1O[C@H]([C@H](C[S+](C)CCCCSC(C)=O)NC(C)=O)[C@H](OC(C)=O)[C@H](OC(C)=O)[C@H]1OC(C)=O. The maximum Gasteiger partial charge on any atom is 0.303 e. The van der Waals surface area contributed by atoms with Crippen LogP contribution in [-0.4, -0.2) is 101 Å². The minimum Gasteiger partial charge on any atom is -0.550 e. The van der Waals surface area contributed by atoms with Crippen LogP contribution < -0.4 is 10.4 Å². The Kier molecular flexibility index (Phi) is 19.0. The van der Waals surface area contributed by atoms with Gasteiger partial charge >= 0.3 is 17.9 Å². The molecule has 0 saturated carbocycles. The summed E-state index contributed by atoms with van der Waals surface area (Å²) in [5.41, 5.74) is -0.728. The number of hydrogen-bond acceptors (Lipinski definition) is 13. The lowest BCUT2D eigenvalue weighted by atomic mass is 9.94. The summed E-state index contributed by atoms with van der Waals surface area (Å²) in [5, 5.41) is 11.9. The summed E-state index contributed by atoms with van der Waals surface area (Å²) in [7, 11) is -0.142. The van der Waals surface area contributed by atoms with E-state index in [9.17, 15) is 24.0 Å². The molecule has 0 radical (unpaired) electrons. The average Bonchev–Trinajstić information content (AvgIpc) is 2.79. The summed E-state index contributed by atoms with van der Waals surface area (Å²) in [5.74, 6) is -1.05. The van der Waals surface area contributed by atoms with Gasteiger partial charge in [0, 0.05) is 46.3 Å². The first-order valence-corrected chi connectivity index (χ1v) is 16.7. The Bertz CT molecular complexity index is 869. The molecule has 0 aromatic rings. The number of ether oxygens (including phenoxy) is 4. The molecule has 12 nitrogen and oxygen atoms in total. The molecule has 1 amide bonds. The summed E-state index contributed by atoms with van der Waals surface area (Å²) >= 11 is 2.56. The third-order valence-corrected chi connectivity index (χ3v) is 8.77. The van der Waals surface area contributed by atoms with Crippen LogP contribution in [0.4, 0.5) is 0 Å². The second kappa shape index (κ2) is 20.0. The van der Waals surface area contributed by atoms with Crippen LogP contribution in [0.3, 0.4) is 0 Å². The highest BCUT2D eigenvalue weighted by Crippen LogP contribution is 2.34. The Morgan fingerprint density at radius 1 is 0.875 bits per heavy atom. The first-order chi connectivity index (χ1) is 18.6. The highest BCUT2D eigenvalue weighted by molar-refractivity contribution is 8.13. The van der Waals surface area contributed by atoms with E-state index in [1.165, 1.54) is 51.2 Å². The van der Waals surface area contributed by atoms with Crippen LogP contribution in [0.5, 0.6) is 0 Å². The predicted molar refractivity (Wildman–Crippen MR) is 153 cm³/mol. The Hall–Kier alpha value is -1.97. The summed E-state index contributed by atoms with van der Waals surface area (Å²) in [6.07, 6.45) is 1.55. The lowest BCUT2D eigenvalue weighted by Crippen LogP contribution is -2.66. The number of carbonyl (C=O) groups excluding carboxylic acids is 6. The molecule has 1 unspecified atom stereocenters. The van der Waals surface area contributed by atoms with Gasteiger partial charge in [-0.15, -0.1) is 11.8 Å². The molecule has 230 valence electrons. The molecular weight excluding hydrogens is 586 g/mol. The van der Waals surface area contributed by atoms with Crippen molar-refractivity contribution in [1.82, 2.24) is 5.32 Å². The molecule has 1 N–H and O–H groups in total. The summed E-state index contributed by atoms with van der Waals surface area (Å²) in [6, 6.07) is -0.558. The zero-order valence-electron chi connectivity index (χ0n) is 24.2. The second-order valence-electron chi connectivity index (χ2n) is 8.92. The quantitative estimate of drug-likeness (QED) is 0.129. The van der Waals surface area contributed by atoms with E-state index in [-0.39, 0.29) is 21.9 Å². The number of unbranched alkanes of at least 4 members (excludes halogenated alkanes) is 1. The highest BCUT2D eigenvalue weighted by Gasteiger charge is 2.54. The standard InChI is InChI=1S/C23H37NO9S3.C2H4O2/c1-13(25)24-18(12-36(7)11-9-8-10-35-17(5)29)19-20(30-14(2)26)21(31-15(3)27)22(32-16(4)28)23(33-19)34-6;1-2(3)4/h18-23H,8-12H2,1-7H3;1H3,(H,3,4)/t18-,19+,20-,21-,22+,23+,36?;/m0./s1. The van der Waals surface area contributed by atoms with E-state index in [1.807, 2.05) is 0 Å². The lowest BCUT2D eigenvalue weighted by Gasteiger charge is -2.46. The van der Waals surface area contributed by atoms with E-state index in [0.717, 1.165) is 31.3 Å². The van der Waals surface area contributed by atoms with Gasteiger partial charge < -0.3 is 34.2 Å². The summed E-state index contributed by atoms with van der Waals surface area (Å²) in [6.45, 7) is 7.58. The van der Waals surface area contributed by atoms with Gasteiger partial charge in [-0.25, -0.2) is 0 Å². The second-order valence-corrected chi connectivity index (χ2v) is 13.4. The third kappa shape index (κ3) is 16.3. The normalized spacial score (nSPS) is 23.4. The Balaban J connectivity index is 0.00000354. The smallest absolute Gasteiger partial charge is 0.303 e. The average molecular weight is 628 g/mol. The molecule has 0 bridgehead atoms. The van der Waals surface area contributed by atoms with Gasteiger partial charge in [0.15, 0.2) is 23.4 Å². The molecule has 0 aromatic carbocycles. The monoisotopic (exact) mass is 627 g/mol. The zero-order chi connectivity index (χ0) is 31.0. The van der Waals surface area contributed by atoms with Crippen LogP contribution in [0.25, 0.3) is 0 Å². The van der Waals surface area contributed by atoms with Crippen molar-refractivity contribution in [1.29, 1.82) is 0 Å². The predicted octanol–water partition coefficient (Wildman–Crippen LogP) is 0.438. The fourth-order valence-electron chi connectivity index (χ4n) is 3.85. The number of esters is 3. The third-order valence-electron chi connectivity index (χ3n) is 5.11. The number of thioether (sulfide) groups is 2. The van der Waals surface area contributed by atoms with Crippen LogP contribution >= 0.6 is 23.5 Å². The molecule has 1 heterocycles. The van der Waals surface area contributed by atoms with E-state index >= 15 is 0 Å². The molecule has 0 aliphatic carbocycles. The van der Waals surface area contributed by atoms with Crippen molar-refractivity contribution in [2.24, 2.45) is 0 Å². The van der Waals surface area contributed by atoms with Crippen molar-refractivity contribution in [3.8, 4) is 0 Å². The van der Waals surface area contributed by atoms with Gasteiger partial charge in [-0.05, 0) is 36.9 Å². The maximum absolute atomic E-state index is 12.1. The van der Waals surface area contributed by atoms with Crippen LogP contribution in [-0.2, 0) is 58.6 Å². The number of nitrogens with one attached hydrogen (secondary N) is 1. The number of rotatable bonds is 13. The van der Waals surface area contributed by atoms with Gasteiger partial charge in [0.2, 0.25) is 5.91 Å². The molecule has 7 atom stereocenters. The van der Waals surface area contributed by atoms with Crippen LogP contribution in [0, 0.1) is 0 Å². The Labute approximate surface area is 247 Å². The minimum atomic E-state index is -1.12. The molecule has 0 aromatic heterocycles. The number of hydrogen-bond donors (Lipinski definition) is 1. The minimum absolute atomic E-state index is 0.0971. The van der Waals surface area contributed by atoms with Gasteiger partial charge in [-0.1, -0.05) is 11.8 Å². The van der Waals surface area contributed by atoms with E-state index in [2.05, 4.69) is 11.6 Å². The van der Waals surface area contributed by atoms with E-state index in [0.29, 0.717) is 5.75 Å². The van der Waals surface area contributed by atoms with Gasteiger partial charge in [-0.3, -0.25) is 24.0 Å². The molecule has 0 spiro atoms. The van der Waals surface area contributed by atoms with Crippen LogP contribution in [0.15, 0.2) is 0 Å². The van der Waals surface area contributed by atoms with Gasteiger partial charge in [0.1, 0.15) is 29.1 Å². The van der Waals surface area contributed by atoms with Gasteiger partial charge in [-0.2, -0.15) is 0 Å². The largest absolute Gasteiger partial charge is 0.550 e. The number of carboxylic acid groups (broad SMARTS) is 1. The van der Waals surface area contributed by atoms with Crippen molar-refractivity contribution in [3.63, 3.8) is 0 Å². The molecule has 1 aliphatic rings. The van der Waals surface area contributed by atoms with Gasteiger partial charge in [0.05, 0.1) is 6.26 Å². The Morgan fingerprint density at radius 3 is 1.82 bits per heavy atom. The van der Waals surface area contributed by atoms with Crippen LogP contribution in [0.2, 0.25) is 0 Å². The van der Waals surface area contributed by atoms with Crippen molar-refractivity contribution >= 4 is 69.3 Å². The maximum atomic E-state index is 12.1. The van der Waals surface area contributed by atoms with Crippen LogP contribution in [0.1, 0.15) is 54.4 Å². The Morgan fingerprint density at radius 2 is 1.38 bits per heavy atom. The topological polar surface area (TPSA) is 174 Å². The van der Waals surface area contributed by atoms with E-state index < -0.39 is 59.8 Å². The number of carbonyl (C=O) groups is 6. The number of carboxylic acids is 1. The van der Waals surface area contributed by atoms with E-state index in [4.69, 9.17) is 28.8 Å². The van der Waals surface area contributed by atoms with E-state index in [1.54, 1.807) is 13.2 Å². The molecule has 40 heavy (non-hydrogen) atoms. The number of aliphatic carboxylic acids is 1. The molecule has 1 fully saturated rings. The van der Waals surface area contributed by atoms with Crippen molar-refractivity contribution in [2.45, 2.75) is 90.3 Å². The molecule has 1 saturated heterocycles.